The van der Waals surface area contributed by atoms with Crippen molar-refractivity contribution in [3.05, 3.63) is 98.2 Å². The molecule has 3 aromatic rings. The average molecular weight is 385 g/mol. The highest BCUT2D eigenvalue weighted by molar-refractivity contribution is 6.31. The molecule has 1 N–H and O–H groups in total. The van der Waals surface area contributed by atoms with Gasteiger partial charge < -0.3 is 9.88 Å². The van der Waals surface area contributed by atoms with Crippen molar-refractivity contribution < 1.29 is 9.18 Å². The smallest absolute Gasteiger partial charge is 0.257 e. The molecule has 0 atom stereocenters. The lowest BCUT2D eigenvalue weighted by atomic mass is 10.1. The minimum atomic E-state index is -0.500. The molecule has 0 aliphatic carbocycles. The summed E-state index contributed by atoms with van der Waals surface area (Å²) >= 11 is 6.04. The summed E-state index contributed by atoms with van der Waals surface area (Å²) in [4.78, 5) is 24.7. The van der Waals surface area contributed by atoms with Crippen molar-refractivity contribution in [1.29, 1.82) is 0 Å². The maximum atomic E-state index is 14.0. The summed E-state index contributed by atoms with van der Waals surface area (Å²) in [5.41, 5.74) is 2.88. The van der Waals surface area contributed by atoms with Crippen molar-refractivity contribution in [1.82, 2.24) is 4.57 Å². The largest absolute Gasteiger partial charge is 0.322 e. The van der Waals surface area contributed by atoms with Crippen LogP contribution in [-0.2, 0) is 6.54 Å². The second-order valence-electron chi connectivity index (χ2n) is 6.36. The zero-order valence-electron chi connectivity index (χ0n) is 14.9. The minimum Gasteiger partial charge on any atom is -0.322 e. The van der Waals surface area contributed by atoms with Gasteiger partial charge in [-0.1, -0.05) is 35.4 Å². The van der Waals surface area contributed by atoms with Crippen LogP contribution in [0.1, 0.15) is 27.0 Å². The Morgan fingerprint density at radius 1 is 1.15 bits per heavy atom. The first-order valence-electron chi connectivity index (χ1n) is 8.37. The first-order valence-corrected chi connectivity index (χ1v) is 8.75. The lowest BCUT2D eigenvalue weighted by Gasteiger charge is -2.12. The van der Waals surface area contributed by atoms with Crippen LogP contribution in [0.5, 0.6) is 0 Å². The Morgan fingerprint density at radius 2 is 1.93 bits per heavy atom. The number of carbonyl (C=O) groups excluding carboxylic acids is 1. The summed E-state index contributed by atoms with van der Waals surface area (Å²) in [5, 5.41) is 3.06. The van der Waals surface area contributed by atoms with Crippen LogP contribution in [0.4, 0.5) is 10.1 Å². The minimum absolute atomic E-state index is 0.0605. The molecule has 1 aromatic heterocycles. The Morgan fingerprint density at radius 3 is 2.63 bits per heavy atom. The molecular formula is C21H18ClFN2O2. The molecule has 0 saturated heterocycles. The lowest BCUT2D eigenvalue weighted by molar-refractivity contribution is 0.102. The monoisotopic (exact) mass is 384 g/mol. The third-order valence-corrected chi connectivity index (χ3v) is 4.62. The van der Waals surface area contributed by atoms with Crippen LogP contribution in [0.2, 0.25) is 5.02 Å². The SMILES string of the molecule is Cc1ccc(NC(=O)c2ccc(=O)n(Cc3c(F)cccc3Cl)c2)c(C)c1. The number of amides is 1. The molecule has 27 heavy (non-hydrogen) atoms. The Balaban J connectivity index is 1.88. The molecule has 3 rings (SSSR count). The summed E-state index contributed by atoms with van der Waals surface area (Å²) in [5.74, 6) is -0.852. The fourth-order valence-corrected chi connectivity index (χ4v) is 3.01. The number of hydrogen-bond donors (Lipinski definition) is 1. The molecule has 0 unspecified atom stereocenters. The molecule has 0 bridgehead atoms. The van der Waals surface area contributed by atoms with E-state index in [0.29, 0.717) is 11.3 Å². The van der Waals surface area contributed by atoms with E-state index >= 15 is 0 Å². The maximum Gasteiger partial charge on any atom is 0.257 e. The molecule has 1 amide bonds. The van der Waals surface area contributed by atoms with E-state index in [-0.39, 0.29) is 28.6 Å². The van der Waals surface area contributed by atoms with Gasteiger partial charge in [0.1, 0.15) is 5.82 Å². The number of nitrogens with zero attached hydrogens (tertiary/aromatic N) is 1. The number of benzene rings is 2. The number of aromatic nitrogens is 1. The van der Waals surface area contributed by atoms with E-state index in [1.165, 1.54) is 35.0 Å². The maximum absolute atomic E-state index is 14.0. The standard InChI is InChI=1S/C21H18ClFN2O2/c1-13-6-8-19(14(2)10-13)24-21(27)15-7-9-20(26)25(11-15)12-16-17(22)4-3-5-18(16)23/h3-11H,12H2,1-2H3,(H,24,27). The lowest BCUT2D eigenvalue weighted by Crippen LogP contribution is -2.23. The van der Waals surface area contributed by atoms with Crippen LogP contribution >= 0.6 is 11.6 Å². The number of hydrogen-bond acceptors (Lipinski definition) is 2. The number of rotatable bonds is 4. The van der Waals surface area contributed by atoms with E-state index in [1.54, 1.807) is 6.07 Å². The second-order valence-corrected chi connectivity index (χ2v) is 6.76. The molecule has 2 aromatic carbocycles. The highest BCUT2D eigenvalue weighted by Gasteiger charge is 2.12. The first-order chi connectivity index (χ1) is 12.8. The number of halogens is 2. The summed E-state index contributed by atoms with van der Waals surface area (Å²) < 4.78 is 15.3. The molecule has 1 heterocycles. The van der Waals surface area contributed by atoms with Gasteiger partial charge in [0.05, 0.1) is 12.1 Å². The van der Waals surface area contributed by atoms with Gasteiger partial charge in [-0.2, -0.15) is 0 Å². The molecule has 4 nitrogen and oxygen atoms in total. The molecule has 0 fully saturated rings. The van der Waals surface area contributed by atoms with E-state index in [4.69, 9.17) is 11.6 Å². The Bertz CT molecular complexity index is 1060. The average Bonchev–Trinajstić information content (AvgIpc) is 2.62. The predicted octanol–water partition coefficient (Wildman–Crippen LogP) is 4.56. The number of carbonyl (C=O) groups is 1. The van der Waals surface area contributed by atoms with Crippen molar-refractivity contribution in [3.63, 3.8) is 0 Å². The summed E-state index contributed by atoms with van der Waals surface area (Å²) in [6.45, 7) is 3.82. The number of aryl methyl sites for hydroxylation is 2. The van der Waals surface area contributed by atoms with Crippen LogP contribution in [0, 0.1) is 19.7 Å². The van der Waals surface area contributed by atoms with Gasteiger partial charge in [0, 0.05) is 28.5 Å². The normalized spacial score (nSPS) is 10.7. The number of pyridine rings is 1. The van der Waals surface area contributed by atoms with Crippen LogP contribution < -0.4 is 10.9 Å². The summed E-state index contributed by atoms with van der Waals surface area (Å²) in [6.07, 6.45) is 1.41. The Labute approximate surface area is 161 Å². The Kier molecular flexibility index (Phi) is 5.42. The fraction of sp³-hybridized carbons (Fsp3) is 0.143. The molecule has 0 aliphatic heterocycles. The highest BCUT2D eigenvalue weighted by atomic mass is 35.5. The molecule has 0 aliphatic rings. The third kappa shape index (κ3) is 4.26. The second kappa shape index (κ2) is 7.76. The van der Waals surface area contributed by atoms with Gasteiger partial charge in [-0.15, -0.1) is 0 Å². The van der Waals surface area contributed by atoms with Crippen molar-refractivity contribution in [2.24, 2.45) is 0 Å². The fourth-order valence-electron chi connectivity index (χ4n) is 2.79. The van der Waals surface area contributed by atoms with Crippen LogP contribution in [0.25, 0.3) is 0 Å². The zero-order chi connectivity index (χ0) is 19.6. The van der Waals surface area contributed by atoms with Crippen LogP contribution in [0.15, 0.2) is 59.5 Å². The van der Waals surface area contributed by atoms with Gasteiger partial charge in [-0.3, -0.25) is 9.59 Å². The quantitative estimate of drug-likeness (QED) is 0.717. The van der Waals surface area contributed by atoms with Crippen molar-refractivity contribution in [2.45, 2.75) is 20.4 Å². The molecular weight excluding hydrogens is 367 g/mol. The highest BCUT2D eigenvalue weighted by Crippen LogP contribution is 2.20. The van der Waals surface area contributed by atoms with E-state index in [1.807, 2.05) is 32.0 Å². The van der Waals surface area contributed by atoms with E-state index in [9.17, 15) is 14.0 Å². The van der Waals surface area contributed by atoms with E-state index < -0.39 is 5.82 Å². The van der Waals surface area contributed by atoms with Crippen LogP contribution in [0.3, 0.4) is 0 Å². The van der Waals surface area contributed by atoms with Crippen LogP contribution in [-0.4, -0.2) is 10.5 Å². The molecule has 0 saturated carbocycles. The van der Waals surface area contributed by atoms with Gasteiger partial charge in [0.15, 0.2) is 0 Å². The van der Waals surface area contributed by atoms with Gasteiger partial charge in [-0.25, -0.2) is 4.39 Å². The topological polar surface area (TPSA) is 51.1 Å². The number of anilines is 1. The molecule has 0 spiro atoms. The molecule has 138 valence electrons. The molecule has 0 radical (unpaired) electrons. The van der Waals surface area contributed by atoms with Crippen molar-refractivity contribution >= 4 is 23.2 Å². The summed E-state index contributed by atoms with van der Waals surface area (Å²) in [7, 11) is 0. The zero-order valence-corrected chi connectivity index (χ0v) is 15.7. The summed E-state index contributed by atoms with van der Waals surface area (Å²) in [6, 6.07) is 12.8. The van der Waals surface area contributed by atoms with E-state index in [2.05, 4.69) is 5.32 Å². The Hall–Kier alpha value is -2.92. The first kappa shape index (κ1) is 18.9. The van der Waals surface area contributed by atoms with Crippen molar-refractivity contribution in [3.8, 4) is 0 Å². The van der Waals surface area contributed by atoms with Crippen molar-refractivity contribution in [2.75, 3.05) is 5.32 Å². The van der Waals surface area contributed by atoms with E-state index in [0.717, 1.165) is 11.1 Å². The van der Waals surface area contributed by atoms with Gasteiger partial charge in [0.2, 0.25) is 0 Å². The van der Waals surface area contributed by atoms with Gasteiger partial charge >= 0.3 is 0 Å². The third-order valence-electron chi connectivity index (χ3n) is 4.27. The molecule has 6 heteroatoms. The predicted molar refractivity (Wildman–Crippen MR) is 105 cm³/mol. The number of nitrogens with one attached hydrogen (secondary N) is 1. The van der Waals surface area contributed by atoms with Gasteiger partial charge in [0.25, 0.3) is 11.5 Å². The van der Waals surface area contributed by atoms with Gasteiger partial charge in [-0.05, 0) is 43.7 Å².